The Kier molecular flexibility index (Phi) is 4.34. The maximum atomic E-state index is 13.3. The van der Waals surface area contributed by atoms with Crippen molar-refractivity contribution in [2.75, 3.05) is 6.61 Å². The first-order chi connectivity index (χ1) is 10.7. The van der Waals surface area contributed by atoms with Gasteiger partial charge in [0, 0.05) is 10.3 Å². The highest BCUT2D eigenvalue weighted by Crippen LogP contribution is 2.26. The third-order valence-corrected chi connectivity index (χ3v) is 4.14. The Balaban J connectivity index is 1.55. The van der Waals surface area contributed by atoms with E-state index in [1.54, 1.807) is 23.5 Å². The third kappa shape index (κ3) is 3.26. The molecule has 0 atom stereocenters. The molecule has 0 radical (unpaired) electrons. The Labute approximate surface area is 130 Å². The second-order valence-electron chi connectivity index (χ2n) is 4.64. The first kappa shape index (κ1) is 14.5. The zero-order chi connectivity index (χ0) is 15.4. The number of fused-ring (bicyclic) bond motifs is 1. The minimum atomic E-state index is -0.529. The lowest BCUT2D eigenvalue weighted by molar-refractivity contribution is -0.147. The van der Waals surface area contributed by atoms with Gasteiger partial charge < -0.3 is 9.47 Å². The van der Waals surface area contributed by atoms with E-state index in [1.165, 1.54) is 12.1 Å². The number of para-hydroxylation sites is 1. The number of benzene rings is 2. The number of carbonyl (C=O) groups is 1. The molecule has 3 aromatic rings. The first-order valence-corrected chi connectivity index (χ1v) is 7.60. The van der Waals surface area contributed by atoms with Gasteiger partial charge in [-0.25, -0.2) is 9.18 Å². The van der Waals surface area contributed by atoms with Crippen LogP contribution in [0.15, 0.2) is 53.9 Å². The van der Waals surface area contributed by atoms with Crippen LogP contribution < -0.4 is 4.74 Å². The number of halogens is 1. The Morgan fingerprint density at radius 1 is 1.09 bits per heavy atom. The summed E-state index contributed by atoms with van der Waals surface area (Å²) in [6, 6.07) is 13.9. The van der Waals surface area contributed by atoms with Crippen molar-refractivity contribution in [3.63, 3.8) is 0 Å². The van der Waals surface area contributed by atoms with Crippen LogP contribution in [0.25, 0.3) is 10.1 Å². The molecule has 0 N–H and O–H groups in total. The molecule has 5 heteroatoms. The van der Waals surface area contributed by atoms with Crippen LogP contribution in [0.5, 0.6) is 5.75 Å². The third-order valence-electron chi connectivity index (χ3n) is 3.13. The average molecular weight is 316 g/mol. The predicted octanol–water partition coefficient (Wildman–Crippen LogP) is 4.16. The van der Waals surface area contributed by atoms with Crippen LogP contribution in [0.3, 0.4) is 0 Å². The second-order valence-corrected chi connectivity index (χ2v) is 5.55. The van der Waals surface area contributed by atoms with Crippen LogP contribution >= 0.6 is 11.3 Å². The molecule has 3 nitrogen and oxygen atoms in total. The van der Waals surface area contributed by atoms with Gasteiger partial charge in [-0.05, 0) is 29.0 Å². The van der Waals surface area contributed by atoms with Crippen molar-refractivity contribution in [3.05, 3.63) is 65.3 Å². The van der Waals surface area contributed by atoms with Gasteiger partial charge in [-0.3, -0.25) is 0 Å². The molecule has 0 aliphatic carbocycles. The molecule has 0 aliphatic heterocycles. The zero-order valence-electron chi connectivity index (χ0n) is 11.6. The molecule has 0 spiro atoms. The van der Waals surface area contributed by atoms with E-state index in [2.05, 4.69) is 0 Å². The monoisotopic (exact) mass is 316 g/mol. The van der Waals surface area contributed by atoms with Crippen LogP contribution in [0.2, 0.25) is 0 Å². The smallest absolute Gasteiger partial charge is 0.344 e. The number of ether oxygens (including phenoxy) is 2. The standard InChI is InChI=1S/C17H13FO3S/c18-14-6-2-3-7-15(14)20-10-17(19)21-9-12-11-22-16-8-4-1-5-13(12)16/h1-8,11H,9-10H2. The van der Waals surface area contributed by atoms with Gasteiger partial charge in [0.15, 0.2) is 18.2 Å². The molecule has 0 bridgehead atoms. The summed E-state index contributed by atoms with van der Waals surface area (Å²) >= 11 is 1.61. The molecule has 1 heterocycles. The van der Waals surface area contributed by atoms with Gasteiger partial charge in [-0.1, -0.05) is 30.3 Å². The molecule has 2 aromatic carbocycles. The van der Waals surface area contributed by atoms with E-state index in [9.17, 15) is 9.18 Å². The van der Waals surface area contributed by atoms with Crippen molar-refractivity contribution in [1.82, 2.24) is 0 Å². The lowest BCUT2D eigenvalue weighted by atomic mass is 10.2. The van der Waals surface area contributed by atoms with Crippen molar-refractivity contribution in [1.29, 1.82) is 0 Å². The Hall–Kier alpha value is -2.40. The maximum absolute atomic E-state index is 13.3. The first-order valence-electron chi connectivity index (χ1n) is 6.72. The van der Waals surface area contributed by atoms with E-state index in [0.29, 0.717) is 0 Å². The van der Waals surface area contributed by atoms with E-state index in [1.807, 2.05) is 29.6 Å². The highest BCUT2D eigenvalue weighted by molar-refractivity contribution is 7.17. The van der Waals surface area contributed by atoms with Crippen LogP contribution in [0.1, 0.15) is 5.56 Å². The van der Waals surface area contributed by atoms with Crippen LogP contribution in [-0.4, -0.2) is 12.6 Å². The summed E-state index contributed by atoms with van der Waals surface area (Å²) in [5.74, 6) is -0.988. The molecule has 0 saturated heterocycles. The number of carbonyl (C=O) groups excluding carboxylic acids is 1. The van der Waals surface area contributed by atoms with Crippen LogP contribution in [-0.2, 0) is 16.1 Å². The van der Waals surface area contributed by atoms with Gasteiger partial charge in [0.25, 0.3) is 0 Å². The van der Waals surface area contributed by atoms with E-state index in [0.717, 1.165) is 15.6 Å². The molecule has 0 aliphatic rings. The fourth-order valence-electron chi connectivity index (χ4n) is 2.04. The van der Waals surface area contributed by atoms with Crippen molar-refractivity contribution in [2.24, 2.45) is 0 Å². The van der Waals surface area contributed by atoms with Crippen molar-refractivity contribution < 1.29 is 18.7 Å². The molecule has 112 valence electrons. The molecular formula is C17H13FO3S. The number of hydrogen-bond donors (Lipinski definition) is 0. The lowest BCUT2D eigenvalue weighted by Crippen LogP contribution is -2.15. The summed E-state index contributed by atoms with van der Waals surface area (Å²) in [7, 11) is 0. The summed E-state index contributed by atoms with van der Waals surface area (Å²) in [6.45, 7) is -0.132. The van der Waals surface area contributed by atoms with Gasteiger partial charge in [-0.2, -0.15) is 0 Å². The topological polar surface area (TPSA) is 35.5 Å². The normalized spacial score (nSPS) is 10.6. The minimum Gasteiger partial charge on any atom is -0.479 e. The molecule has 0 amide bonds. The van der Waals surface area contributed by atoms with E-state index in [4.69, 9.17) is 9.47 Å². The second kappa shape index (κ2) is 6.58. The van der Waals surface area contributed by atoms with Crippen molar-refractivity contribution in [3.8, 4) is 5.75 Å². The fraction of sp³-hybridized carbons (Fsp3) is 0.118. The molecule has 22 heavy (non-hydrogen) atoms. The number of hydrogen-bond acceptors (Lipinski definition) is 4. The zero-order valence-corrected chi connectivity index (χ0v) is 12.4. The molecule has 0 fully saturated rings. The predicted molar refractivity (Wildman–Crippen MR) is 83.5 cm³/mol. The average Bonchev–Trinajstić information content (AvgIpc) is 2.95. The van der Waals surface area contributed by atoms with Gasteiger partial charge in [0.2, 0.25) is 0 Å². The molecule has 0 saturated carbocycles. The Morgan fingerprint density at radius 3 is 2.73 bits per heavy atom. The highest BCUT2D eigenvalue weighted by Gasteiger charge is 2.09. The summed E-state index contributed by atoms with van der Waals surface area (Å²) < 4.78 is 24.8. The number of esters is 1. The van der Waals surface area contributed by atoms with E-state index >= 15 is 0 Å². The summed E-state index contributed by atoms with van der Waals surface area (Å²) in [5, 5.41) is 3.05. The fourth-order valence-corrected chi connectivity index (χ4v) is 2.99. The van der Waals surface area contributed by atoms with E-state index in [-0.39, 0.29) is 19.0 Å². The van der Waals surface area contributed by atoms with Crippen molar-refractivity contribution >= 4 is 27.4 Å². The van der Waals surface area contributed by atoms with Crippen molar-refractivity contribution in [2.45, 2.75) is 6.61 Å². The number of rotatable bonds is 5. The lowest BCUT2D eigenvalue weighted by Gasteiger charge is -2.07. The van der Waals surface area contributed by atoms with Gasteiger partial charge in [0.05, 0.1) is 0 Å². The van der Waals surface area contributed by atoms with Gasteiger partial charge >= 0.3 is 5.97 Å². The number of thiophene rings is 1. The molecular weight excluding hydrogens is 303 g/mol. The Bertz CT molecular complexity index is 797. The minimum absolute atomic E-state index is 0.0421. The molecule has 3 rings (SSSR count). The summed E-state index contributed by atoms with van der Waals surface area (Å²) in [4.78, 5) is 11.7. The van der Waals surface area contributed by atoms with Gasteiger partial charge in [0.1, 0.15) is 6.61 Å². The van der Waals surface area contributed by atoms with Crippen LogP contribution in [0.4, 0.5) is 4.39 Å². The maximum Gasteiger partial charge on any atom is 0.344 e. The summed E-state index contributed by atoms with van der Waals surface area (Å²) in [5.41, 5.74) is 0.958. The quantitative estimate of drug-likeness (QED) is 0.663. The molecule has 1 aromatic heterocycles. The highest BCUT2D eigenvalue weighted by atomic mass is 32.1. The van der Waals surface area contributed by atoms with Gasteiger partial charge in [-0.15, -0.1) is 11.3 Å². The van der Waals surface area contributed by atoms with E-state index < -0.39 is 11.8 Å². The molecule has 0 unspecified atom stereocenters. The SMILES string of the molecule is O=C(COc1ccccc1F)OCc1csc2ccccc12. The largest absolute Gasteiger partial charge is 0.479 e. The summed E-state index contributed by atoms with van der Waals surface area (Å²) in [6.07, 6.45) is 0. The van der Waals surface area contributed by atoms with Crippen LogP contribution in [0, 0.1) is 5.82 Å². The Morgan fingerprint density at radius 2 is 1.86 bits per heavy atom.